The first-order valence-electron chi connectivity index (χ1n) is 7.67. The second-order valence-corrected chi connectivity index (χ2v) is 6.28. The van der Waals surface area contributed by atoms with Gasteiger partial charge in [-0.3, -0.25) is 0 Å². The molecule has 0 aromatic heterocycles. The fraction of sp³-hybridized carbons (Fsp3) is 0.647. The molecule has 0 amide bonds. The lowest BCUT2D eigenvalue weighted by atomic mass is 9.88. The fourth-order valence-corrected chi connectivity index (χ4v) is 3.56. The van der Waals surface area contributed by atoms with Crippen molar-refractivity contribution in [3.8, 4) is 5.75 Å². The van der Waals surface area contributed by atoms with E-state index in [2.05, 4.69) is 6.92 Å². The van der Waals surface area contributed by atoms with Gasteiger partial charge in [-0.15, -0.1) is 0 Å². The Bertz CT molecular complexity index is 471. The molecule has 0 bridgehead atoms. The van der Waals surface area contributed by atoms with Crippen molar-refractivity contribution in [2.75, 3.05) is 7.11 Å². The highest BCUT2D eigenvalue weighted by Gasteiger charge is 2.34. The van der Waals surface area contributed by atoms with Gasteiger partial charge in [-0.05, 0) is 42.0 Å². The van der Waals surface area contributed by atoms with Crippen molar-refractivity contribution in [2.24, 2.45) is 5.92 Å². The third-order valence-corrected chi connectivity index (χ3v) is 4.70. The molecule has 0 aliphatic heterocycles. The van der Waals surface area contributed by atoms with Gasteiger partial charge in [0.15, 0.2) is 0 Å². The minimum atomic E-state index is -0.516. The Morgan fingerprint density at radius 1 is 1.25 bits per heavy atom. The van der Waals surface area contributed by atoms with Gasteiger partial charge in [0.2, 0.25) is 0 Å². The Kier molecular flexibility index (Phi) is 3.99. The maximum Gasteiger partial charge on any atom is 0.119 e. The number of aliphatic hydroxyl groups excluding tert-OH is 1. The molecule has 0 spiro atoms. The van der Waals surface area contributed by atoms with E-state index < -0.39 is 6.10 Å². The van der Waals surface area contributed by atoms with Crippen LogP contribution in [0.1, 0.15) is 49.8 Å². The number of hydrogen-bond donors (Lipinski definition) is 1. The van der Waals surface area contributed by atoms with Crippen LogP contribution in [0.5, 0.6) is 5.75 Å². The SMILES string of the molecule is COc1ccc2c(c1)C(O)C(OC1CCCC(C)C1)C2. The van der Waals surface area contributed by atoms with Crippen LogP contribution in [0.2, 0.25) is 0 Å². The molecule has 110 valence electrons. The lowest BCUT2D eigenvalue weighted by Gasteiger charge is -2.30. The van der Waals surface area contributed by atoms with Gasteiger partial charge in [-0.25, -0.2) is 0 Å². The normalized spacial score (nSPS) is 33.0. The van der Waals surface area contributed by atoms with Crippen LogP contribution >= 0.6 is 0 Å². The zero-order valence-electron chi connectivity index (χ0n) is 12.3. The summed E-state index contributed by atoms with van der Waals surface area (Å²) >= 11 is 0. The van der Waals surface area contributed by atoms with Crippen molar-refractivity contribution >= 4 is 0 Å². The van der Waals surface area contributed by atoms with Crippen LogP contribution in [0.15, 0.2) is 18.2 Å². The number of rotatable bonds is 3. The number of hydrogen-bond acceptors (Lipinski definition) is 3. The molecule has 1 aromatic carbocycles. The fourth-order valence-electron chi connectivity index (χ4n) is 3.56. The topological polar surface area (TPSA) is 38.7 Å². The Morgan fingerprint density at radius 2 is 2.10 bits per heavy atom. The molecule has 4 atom stereocenters. The first kappa shape index (κ1) is 13.9. The van der Waals surface area contributed by atoms with Crippen LogP contribution in [0.25, 0.3) is 0 Å². The molecule has 1 N–H and O–H groups in total. The molecular weight excluding hydrogens is 252 g/mol. The summed E-state index contributed by atoms with van der Waals surface area (Å²) in [6, 6.07) is 5.94. The van der Waals surface area contributed by atoms with Crippen LogP contribution in [0.3, 0.4) is 0 Å². The van der Waals surface area contributed by atoms with E-state index >= 15 is 0 Å². The van der Waals surface area contributed by atoms with Gasteiger partial charge in [0, 0.05) is 6.42 Å². The predicted octanol–water partition coefficient (Wildman–Crippen LogP) is 3.25. The average molecular weight is 276 g/mol. The predicted molar refractivity (Wildman–Crippen MR) is 78.0 cm³/mol. The summed E-state index contributed by atoms with van der Waals surface area (Å²) in [6.45, 7) is 2.29. The lowest BCUT2D eigenvalue weighted by molar-refractivity contribution is -0.0856. The van der Waals surface area contributed by atoms with Crippen molar-refractivity contribution in [1.29, 1.82) is 0 Å². The standard InChI is InChI=1S/C17H24O3/c1-11-4-3-5-14(8-11)20-16-9-12-6-7-13(19-2)10-15(12)17(16)18/h6-7,10-11,14,16-18H,3-5,8-9H2,1-2H3. The monoisotopic (exact) mass is 276 g/mol. The van der Waals surface area contributed by atoms with Crippen molar-refractivity contribution in [3.05, 3.63) is 29.3 Å². The van der Waals surface area contributed by atoms with E-state index in [1.54, 1.807) is 7.11 Å². The summed E-state index contributed by atoms with van der Waals surface area (Å²) in [4.78, 5) is 0. The summed E-state index contributed by atoms with van der Waals surface area (Å²) < 4.78 is 11.4. The summed E-state index contributed by atoms with van der Waals surface area (Å²) in [5.74, 6) is 1.55. The molecule has 3 heteroatoms. The lowest BCUT2D eigenvalue weighted by Crippen LogP contribution is -2.29. The molecule has 3 rings (SSSR count). The number of methoxy groups -OCH3 is 1. The molecule has 2 aliphatic rings. The van der Waals surface area contributed by atoms with Gasteiger partial charge < -0.3 is 14.6 Å². The molecule has 1 fully saturated rings. The highest BCUT2D eigenvalue weighted by atomic mass is 16.5. The van der Waals surface area contributed by atoms with Crippen LogP contribution < -0.4 is 4.74 Å². The van der Waals surface area contributed by atoms with Gasteiger partial charge in [-0.2, -0.15) is 0 Å². The van der Waals surface area contributed by atoms with Crippen LogP contribution in [-0.2, 0) is 11.2 Å². The van der Waals surface area contributed by atoms with Gasteiger partial charge in [0.05, 0.1) is 19.3 Å². The Morgan fingerprint density at radius 3 is 2.85 bits per heavy atom. The summed E-state index contributed by atoms with van der Waals surface area (Å²) in [5.41, 5.74) is 2.16. The van der Waals surface area contributed by atoms with Crippen molar-refractivity contribution in [1.82, 2.24) is 0 Å². The van der Waals surface area contributed by atoms with Crippen molar-refractivity contribution < 1.29 is 14.6 Å². The summed E-state index contributed by atoms with van der Waals surface area (Å²) in [7, 11) is 1.65. The Labute approximate surface area is 120 Å². The summed E-state index contributed by atoms with van der Waals surface area (Å²) in [5, 5.41) is 10.5. The summed E-state index contributed by atoms with van der Waals surface area (Å²) in [6.07, 6.45) is 5.33. The highest BCUT2D eigenvalue weighted by molar-refractivity contribution is 5.41. The Hall–Kier alpha value is -1.06. The second-order valence-electron chi connectivity index (χ2n) is 6.28. The van der Waals surface area contributed by atoms with E-state index in [0.29, 0.717) is 6.10 Å². The third-order valence-electron chi connectivity index (χ3n) is 4.70. The molecule has 2 aliphatic carbocycles. The molecular formula is C17H24O3. The van der Waals surface area contributed by atoms with Crippen LogP contribution in [-0.4, -0.2) is 24.4 Å². The number of aliphatic hydroxyl groups is 1. The zero-order valence-corrected chi connectivity index (χ0v) is 12.3. The third kappa shape index (κ3) is 2.70. The van der Waals surface area contributed by atoms with E-state index in [-0.39, 0.29) is 6.10 Å². The van der Waals surface area contributed by atoms with Gasteiger partial charge in [0.1, 0.15) is 11.9 Å². The quantitative estimate of drug-likeness (QED) is 0.921. The smallest absolute Gasteiger partial charge is 0.119 e. The second kappa shape index (κ2) is 5.74. The Balaban J connectivity index is 1.68. The van der Waals surface area contributed by atoms with E-state index in [0.717, 1.165) is 36.5 Å². The zero-order chi connectivity index (χ0) is 14.1. The largest absolute Gasteiger partial charge is 0.497 e. The molecule has 1 aromatic rings. The van der Waals surface area contributed by atoms with Crippen LogP contribution in [0, 0.1) is 5.92 Å². The molecule has 0 heterocycles. The number of ether oxygens (including phenoxy) is 2. The van der Waals surface area contributed by atoms with Crippen molar-refractivity contribution in [2.45, 2.75) is 57.3 Å². The first-order chi connectivity index (χ1) is 9.67. The maximum atomic E-state index is 10.5. The minimum absolute atomic E-state index is 0.0904. The van der Waals surface area contributed by atoms with E-state index in [4.69, 9.17) is 9.47 Å². The van der Waals surface area contributed by atoms with E-state index in [9.17, 15) is 5.11 Å². The van der Waals surface area contributed by atoms with E-state index in [1.807, 2.05) is 18.2 Å². The van der Waals surface area contributed by atoms with Crippen LogP contribution in [0.4, 0.5) is 0 Å². The maximum absolute atomic E-state index is 10.5. The van der Waals surface area contributed by atoms with E-state index in [1.165, 1.54) is 18.4 Å². The molecule has 20 heavy (non-hydrogen) atoms. The molecule has 4 unspecified atom stereocenters. The molecule has 0 radical (unpaired) electrons. The molecule has 0 saturated heterocycles. The molecule has 1 saturated carbocycles. The average Bonchev–Trinajstić information content (AvgIpc) is 2.75. The number of benzene rings is 1. The molecule has 3 nitrogen and oxygen atoms in total. The highest BCUT2D eigenvalue weighted by Crippen LogP contribution is 2.38. The van der Waals surface area contributed by atoms with Gasteiger partial charge in [-0.1, -0.05) is 25.8 Å². The first-order valence-corrected chi connectivity index (χ1v) is 7.67. The minimum Gasteiger partial charge on any atom is -0.497 e. The van der Waals surface area contributed by atoms with Crippen molar-refractivity contribution in [3.63, 3.8) is 0 Å². The van der Waals surface area contributed by atoms with Gasteiger partial charge in [0.25, 0.3) is 0 Å². The number of fused-ring (bicyclic) bond motifs is 1. The van der Waals surface area contributed by atoms with Gasteiger partial charge >= 0.3 is 0 Å².